The van der Waals surface area contributed by atoms with Gasteiger partial charge in [-0.1, -0.05) is 13.3 Å². The Morgan fingerprint density at radius 1 is 1.62 bits per heavy atom. The Morgan fingerprint density at radius 2 is 2.31 bits per heavy atom. The molecule has 1 N–H and O–H groups in total. The maximum atomic E-state index is 11.3. The molecule has 0 amide bonds. The fourth-order valence-corrected chi connectivity index (χ4v) is 1.67. The molecule has 0 spiro atoms. The Bertz CT molecular complexity index is 350. The zero-order valence-electron chi connectivity index (χ0n) is 7.23. The van der Waals surface area contributed by atoms with Gasteiger partial charge < -0.3 is 4.98 Å². The molecular formula is C8H10ClIN2O. The summed E-state index contributed by atoms with van der Waals surface area (Å²) in [5.41, 5.74) is 0.761. The molecule has 72 valence electrons. The molecule has 0 aliphatic rings. The first-order valence-electron chi connectivity index (χ1n) is 4.02. The van der Waals surface area contributed by atoms with Gasteiger partial charge in [0.05, 0.1) is 15.1 Å². The first-order chi connectivity index (χ1) is 6.19. The van der Waals surface area contributed by atoms with Crippen LogP contribution in [0.4, 0.5) is 0 Å². The maximum absolute atomic E-state index is 11.3. The number of alkyl halides is 1. The Hall–Kier alpha value is -0.100. The SMILES string of the molecule is CCCc1nc(CCl)[nH]c(=O)c1I. The first-order valence-corrected chi connectivity index (χ1v) is 5.64. The maximum Gasteiger partial charge on any atom is 0.264 e. The van der Waals surface area contributed by atoms with Crippen LogP contribution >= 0.6 is 34.2 Å². The van der Waals surface area contributed by atoms with E-state index < -0.39 is 0 Å². The summed E-state index contributed by atoms with van der Waals surface area (Å²) < 4.78 is 0.674. The lowest BCUT2D eigenvalue weighted by atomic mass is 10.2. The van der Waals surface area contributed by atoms with Crippen molar-refractivity contribution >= 4 is 34.2 Å². The van der Waals surface area contributed by atoms with Crippen LogP contribution in [0.3, 0.4) is 0 Å². The van der Waals surface area contributed by atoms with Crippen LogP contribution in [0.1, 0.15) is 24.9 Å². The number of aryl methyl sites for hydroxylation is 1. The molecule has 0 saturated carbocycles. The van der Waals surface area contributed by atoms with Gasteiger partial charge in [-0.05, 0) is 29.0 Å². The Morgan fingerprint density at radius 3 is 2.85 bits per heavy atom. The van der Waals surface area contributed by atoms with Crippen molar-refractivity contribution < 1.29 is 0 Å². The van der Waals surface area contributed by atoms with Crippen molar-refractivity contribution in [3.05, 3.63) is 25.4 Å². The summed E-state index contributed by atoms with van der Waals surface area (Å²) in [6.45, 7) is 2.05. The largest absolute Gasteiger partial charge is 0.309 e. The van der Waals surface area contributed by atoms with Gasteiger partial charge in [0.25, 0.3) is 5.56 Å². The minimum atomic E-state index is -0.0882. The number of hydrogen-bond acceptors (Lipinski definition) is 2. The number of hydrogen-bond donors (Lipinski definition) is 1. The third-order valence-electron chi connectivity index (χ3n) is 1.59. The Labute approximate surface area is 95.1 Å². The highest BCUT2D eigenvalue weighted by atomic mass is 127. The van der Waals surface area contributed by atoms with E-state index in [0.29, 0.717) is 9.39 Å². The molecule has 0 radical (unpaired) electrons. The molecule has 0 aliphatic carbocycles. The van der Waals surface area contributed by atoms with Crippen LogP contribution in [-0.4, -0.2) is 9.97 Å². The molecule has 1 aromatic rings. The second-order valence-electron chi connectivity index (χ2n) is 2.66. The highest BCUT2D eigenvalue weighted by Crippen LogP contribution is 2.07. The summed E-state index contributed by atoms with van der Waals surface area (Å²) in [6.07, 6.45) is 1.81. The standard InChI is InChI=1S/C8H10ClIN2O/c1-2-3-5-7(10)8(13)12-6(4-9)11-5/h2-4H2,1H3,(H,11,12,13). The monoisotopic (exact) mass is 312 g/mol. The van der Waals surface area contributed by atoms with Crippen LogP contribution in [0.2, 0.25) is 0 Å². The molecule has 0 unspecified atom stereocenters. The molecule has 1 heterocycles. The second-order valence-corrected chi connectivity index (χ2v) is 4.00. The Kier molecular flexibility index (Phi) is 4.18. The van der Waals surface area contributed by atoms with Crippen LogP contribution < -0.4 is 5.56 Å². The van der Waals surface area contributed by atoms with Gasteiger partial charge >= 0.3 is 0 Å². The fraction of sp³-hybridized carbons (Fsp3) is 0.500. The summed E-state index contributed by atoms with van der Waals surface area (Å²) in [6, 6.07) is 0. The van der Waals surface area contributed by atoms with Gasteiger partial charge in [0.15, 0.2) is 0 Å². The van der Waals surface area contributed by atoms with Crippen molar-refractivity contribution in [2.45, 2.75) is 25.6 Å². The van der Waals surface area contributed by atoms with E-state index in [1.54, 1.807) is 0 Å². The molecule has 5 heteroatoms. The molecule has 0 aliphatic heterocycles. The average molecular weight is 313 g/mol. The smallest absolute Gasteiger partial charge is 0.264 e. The highest BCUT2D eigenvalue weighted by molar-refractivity contribution is 14.1. The van der Waals surface area contributed by atoms with Gasteiger partial charge in [-0.2, -0.15) is 0 Å². The van der Waals surface area contributed by atoms with Crippen LogP contribution in [0.5, 0.6) is 0 Å². The predicted octanol–water partition coefficient (Wildman–Crippen LogP) is 2.07. The van der Waals surface area contributed by atoms with E-state index in [-0.39, 0.29) is 11.4 Å². The lowest BCUT2D eigenvalue weighted by Gasteiger charge is -2.02. The van der Waals surface area contributed by atoms with E-state index in [9.17, 15) is 4.79 Å². The van der Waals surface area contributed by atoms with Crippen LogP contribution in [0.15, 0.2) is 4.79 Å². The van der Waals surface area contributed by atoms with Gasteiger partial charge in [0.2, 0.25) is 0 Å². The van der Waals surface area contributed by atoms with Gasteiger partial charge in [0.1, 0.15) is 5.82 Å². The number of aromatic amines is 1. The van der Waals surface area contributed by atoms with E-state index in [0.717, 1.165) is 18.5 Å². The van der Waals surface area contributed by atoms with Crippen molar-refractivity contribution in [1.82, 2.24) is 9.97 Å². The lowest BCUT2D eigenvalue weighted by Crippen LogP contribution is -2.17. The third kappa shape index (κ3) is 2.67. The molecule has 1 aromatic heterocycles. The van der Waals surface area contributed by atoms with Crippen molar-refractivity contribution in [3.8, 4) is 0 Å². The molecule has 0 saturated heterocycles. The highest BCUT2D eigenvalue weighted by Gasteiger charge is 2.06. The molecule has 0 bridgehead atoms. The second kappa shape index (κ2) is 4.95. The summed E-state index contributed by atoms with van der Waals surface area (Å²) >= 11 is 7.60. The summed E-state index contributed by atoms with van der Waals surface area (Å²) in [7, 11) is 0. The minimum Gasteiger partial charge on any atom is -0.309 e. The van der Waals surface area contributed by atoms with Crippen LogP contribution in [-0.2, 0) is 12.3 Å². The van der Waals surface area contributed by atoms with Gasteiger partial charge in [0, 0.05) is 0 Å². The molecule has 0 fully saturated rings. The third-order valence-corrected chi connectivity index (χ3v) is 2.96. The topological polar surface area (TPSA) is 45.8 Å². The summed E-state index contributed by atoms with van der Waals surface area (Å²) in [4.78, 5) is 18.2. The van der Waals surface area contributed by atoms with E-state index in [4.69, 9.17) is 11.6 Å². The van der Waals surface area contributed by atoms with Crippen molar-refractivity contribution in [3.63, 3.8) is 0 Å². The minimum absolute atomic E-state index is 0.0882. The molecular weight excluding hydrogens is 302 g/mol. The number of aromatic nitrogens is 2. The number of halogens is 2. The number of nitrogens with one attached hydrogen (secondary N) is 1. The van der Waals surface area contributed by atoms with Crippen LogP contribution in [0.25, 0.3) is 0 Å². The number of nitrogens with zero attached hydrogens (tertiary/aromatic N) is 1. The average Bonchev–Trinajstić information content (AvgIpc) is 2.13. The first kappa shape index (κ1) is 11.0. The van der Waals surface area contributed by atoms with E-state index in [1.807, 2.05) is 22.6 Å². The normalized spacial score (nSPS) is 10.4. The quantitative estimate of drug-likeness (QED) is 0.686. The number of rotatable bonds is 3. The lowest BCUT2D eigenvalue weighted by molar-refractivity contribution is 0.833. The molecule has 13 heavy (non-hydrogen) atoms. The van der Waals surface area contributed by atoms with E-state index in [1.165, 1.54) is 0 Å². The zero-order valence-corrected chi connectivity index (χ0v) is 10.1. The van der Waals surface area contributed by atoms with Crippen molar-refractivity contribution in [1.29, 1.82) is 0 Å². The van der Waals surface area contributed by atoms with E-state index in [2.05, 4.69) is 16.9 Å². The summed E-state index contributed by atoms with van der Waals surface area (Å²) in [5.74, 6) is 0.804. The van der Waals surface area contributed by atoms with Gasteiger partial charge in [-0.3, -0.25) is 4.79 Å². The van der Waals surface area contributed by atoms with Crippen molar-refractivity contribution in [2.24, 2.45) is 0 Å². The van der Waals surface area contributed by atoms with Gasteiger partial charge in [-0.25, -0.2) is 4.98 Å². The molecule has 0 atom stereocenters. The summed E-state index contributed by atoms with van der Waals surface area (Å²) in [5, 5.41) is 0. The molecule has 0 aromatic carbocycles. The van der Waals surface area contributed by atoms with E-state index >= 15 is 0 Å². The molecule has 1 rings (SSSR count). The number of H-pyrrole nitrogens is 1. The van der Waals surface area contributed by atoms with Crippen molar-refractivity contribution in [2.75, 3.05) is 0 Å². The predicted molar refractivity (Wildman–Crippen MR) is 61.1 cm³/mol. The zero-order chi connectivity index (χ0) is 9.84. The van der Waals surface area contributed by atoms with Gasteiger partial charge in [-0.15, -0.1) is 11.6 Å². The Balaban J connectivity index is 3.17. The fourth-order valence-electron chi connectivity index (χ4n) is 1.02. The molecule has 3 nitrogen and oxygen atoms in total. The van der Waals surface area contributed by atoms with Crippen LogP contribution in [0, 0.1) is 3.57 Å².